The molecule has 5 heterocycles. The third kappa shape index (κ3) is 5.14. The minimum Gasteiger partial charge on any atom is -0.454 e. The Balaban J connectivity index is 1.19. The molecule has 14 rings (SSSR count). The first kappa shape index (κ1) is 36.6. The minimum absolute atomic E-state index is 0.429. The highest BCUT2D eigenvalue weighted by atomic mass is 32.1. The van der Waals surface area contributed by atoms with Gasteiger partial charge in [0.05, 0.1) is 27.6 Å². The molecule has 306 valence electrons. The zero-order chi connectivity index (χ0) is 43.5. The SMILES string of the molecule is N#Cc1cc(-c2nc(-c3ccccc3)nc(-c3ccccc3)n2)c2c(oc3ccccc32)c1-n1c2ccccc2c2c3c(c4ccccc4n3-c3ccccc3)c3sc4ccccc4c3c21. The largest absolute Gasteiger partial charge is 0.454 e. The van der Waals surface area contributed by atoms with E-state index in [1.807, 2.05) is 96.3 Å². The number of thiophene rings is 1. The average Bonchev–Trinajstić information content (AvgIpc) is 4.15. The number of para-hydroxylation sites is 4. The van der Waals surface area contributed by atoms with E-state index in [0.717, 1.165) is 71.2 Å². The van der Waals surface area contributed by atoms with Gasteiger partial charge < -0.3 is 13.6 Å². The van der Waals surface area contributed by atoms with E-state index >= 15 is 0 Å². The topological polar surface area (TPSA) is 85.5 Å². The Kier molecular flexibility index (Phi) is 7.79. The van der Waals surface area contributed by atoms with Gasteiger partial charge in [-0.25, -0.2) is 15.0 Å². The summed E-state index contributed by atoms with van der Waals surface area (Å²) in [5.74, 6) is 1.52. The summed E-state index contributed by atoms with van der Waals surface area (Å²) in [5.41, 5.74) is 10.1. The van der Waals surface area contributed by atoms with Crippen LogP contribution in [0.5, 0.6) is 0 Å². The van der Waals surface area contributed by atoms with Gasteiger partial charge in [-0.1, -0.05) is 152 Å². The van der Waals surface area contributed by atoms with Crippen molar-refractivity contribution in [3.05, 3.63) is 200 Å². The number of aromatic nitrogens is 5. The molecule has 0 aliphatic heterocycles. The van der Waals surface area contributed by atoms with Crippen molar-refractivity contribution >= 4 is 97.1 Å². The lowest BCUT2D eigenvalue weighted by atomic mass is 9.99. The van der Waals surface area contributed by atoms with Crippen molar-refractivity contribution in [2.45, 2.75) is 0 Å². The summed E-state index contributed by atoms with van der Waals surface area (Å²) in [5, 5.41) is 20.2. The van der Waals surface area contributed by atoms with E-state index in [1.165, 1.54) is 20.2 Å². The molecule has 5 aromatic heterocycles. The van der Waals surface area contributed by atoms with Crippen LogP contribution >= 0.6 is 11.3 Å². The Morgan fingerprint density at radius 3 is 1.67 bits per heavy atom. The first-order valence-electron chi connectivity index (χ1n) is 21.8. The Morgan fingerprint density at radius 2 is 0.985 bits per heavy atom. The van der Waals surface area contributed by atoms with Gasteiger partial charge in [0.15, 0.2) is 23.1 Å². The first-order chi connectivity index (χ1) is 32.7. The van der Waals surface area contributed by atoms with Gasteiger partial charge in [-0.3, -0.25) is 0 Å². The maximum absolute atomic E-state index is 11.6. The molecule has 66 heavy (non-hydrogen) atoms. The van der Waals surface area contributed by atoms with E-state index in [9.17, 15) is 5.26 Å². The van der Waals surface area contributed by atoms with Crippen LogP contribution in [-0.2, 0) is 0 Å². The van der Waals surface area contributed by atoms with Crippen molar-refractivity contribution in [2.24, 2.45) is 0 Å². The number of fused-ring (bicyclic) bond motifs is 15. The molecule has 0 saturated heterocycles. The lowest BCUT2D eigenvalue weighted by Gasteiger charge is -2.15. The van der Waals surface area contributed by atoms with Crippen LogP contribution < -0.4 is 0 Å². The highest BCUT2D eigenvalue weighted by Gasteiger charge is 2.30. The van der Waals surface area contributed by atoms with Crippen LogP contribution in [0.3, 0.4) is 0 Å². The molecule has 0 radical (unpaired) electrons. The summed E-state index contributed by atoms with van der Waals surface area (Å²) in [6, 6.07) is 69.3. The predicted molar refractivity (Wildman–Crippen MR) is 270 cm³/mol. The van der Waals surface area contributed by atoms with Crippen molar-refractivity contribution in [1.82, 2.24) is 24.1 Å². The molecule has 7 nitrogen and oxygen atoms in total. The van der Waals surface area contributed by atoms with Crippen LogP contribution in [0.2, 0.25) is 0 Å². The maximum Gasteiger partial charge on any atom is 0.164 e. The Morgan fingerprint density at radius 1 is 0.470 bits per heavy atom. The zero-order valence-electron chi connectivity index (χ0n) is 35.0. The van der Waals surface area contributed by atoms with Gasteiger partial charge in [0.1, 0.15) is 17.3 Å². The second kappa shape index (κ2) is 14.1. The lowest BCUT2D eigenvalue weighted by Crippen LogP contribution is -2.03. The Labute approximate surface area is 380 Å². The van der Waals surface area contributed by atoms with Gasteiger partial charge in [0, 0.05) is 74.9 Å². The van der Waals surface area contributed by atoms with Gasteiger partial charge in [0.2, 0.25) is 0 Å². The summed E-state index contributed by atoms with van der Waals surface area (Å²) >= 11 is 1.82. The molecule has 0 amide bonds. The zero-order valence-corrected chi connectivity index (χ0v) is 35.8. The fourth-order valence-electron chi connectivity index (χ4n) is 10.3. The van der Waals surface area contributed by atoms with Crippen LogP contribution in [0.4, 0.5) is 0 Å². The number of nitrogens with zero attached hydrogens (tertiary/aromatic N) is 6. The standard InChI is InChI=1S/C58H32N6OS/c59-33-36-32-42(58-61-56(34-18-4-1-5-19-34)60-57(62-58)35-20-6-2-7-21-35)47-40-26-12-16-30-45(40)65-54(47)51(36)64-44-29-15-10-24-38(44)48-52-49(55-50(53(48)64)41-27-13-17-31-46(41)66-55)39-25-11-14-28-43(39)63(52)37-22-8-3-9-23-37/h1-32H. The second-order valence-corrected chi connectivity index (χ2v) is 17.6. The first-order valence-corrected chi connectivity index (χ1v) is 22.7. The maximum atomic E-state index is 11.6. The molecule has 0 saturated carbocycles. The fraction of sp³-hybridized carbons (Fsp3) is 0. The molecule has 0 aliphatic rings. The minimum atomic E-state index is 0.429. The van der Waals surface area contributed by atoms with E-state index < -0.39 is 0 Å². The van der Waals surface area contributed by atoms with Gasteiger partial charge in [-0.05, 0) is 42.5 Å². The summed E-state index contributed by atoms with van der Waals surface area (Å²) in [7, 11) is 0. The van der Waals surface area contributed by atoms with Crippen LogP contribution in [0.25, 0.3) is 131 Å². The van der Waals surface area contributed by atoms with Gasteiger partial charge in [-0.2, -0.15) is 5.26 Å². The summed E-state index contributed by atoms with van der Waals surface area (Å²) in [4.78, 5) is 15.4. The third-order valence-electron chi connectivity index (χ3n) is 13.0. The smallest absolute Gasteiger partial charge is 0.164 e. The number of hydrogen-bond acceptors (Lipinski definition) is 6. The number of nitriles is 1. The normalized spacial score (nSPS) is 11.9. The molecule has 0 aliphatic carbocycles. The summed E-state index contributed by atoms with van der Waals surface area (Å²) in [6.07, 6.45) is 0. The van der Waals surface area contributed by atoms with E-state index in [2.05, 4.69) is 124 Å². The molecule has 0 atom stereocenters. The van der Waals surface area contributed by atoms with Gasteiger partial charge in [-0.15, -0.1) is 11.3 Å². The Bertz CT molecular complexity index is 4290. The van der Waals surface area contributed by atoms with E-state index in [0.29, 0.717) is 45.5 Å². The van der Waals surface area contributed by atoms with E-state index in [1.54, 1.807) is 0 Å². The quantitative estimate of drug-likeness (QED) is 0.172. The highest BCUT2D eigenvalue weighted by Crippen LogP contribution is 2.52. The Hall–Kier alpha value is -8.90. The molecule has 0 fully saturated rings. The molecular weight excluding hydrogens is 829 g/mol. The predicted octanol–water partition coefficient (Wildman–Crippen LogP) is 15.2. The number of hydrogen-bond donors (Lipinski definition) is 0. The fourth-order valence-corrected chi connectivity index (χ4v) is 11.5. The van der Waals surface area contributed by atoms with Crippen molar-refractivity contribution < 1.29 is 4.42 Å². The van der Waals surface area contributed by atoms with Crippen molar-refractivity contribution in [2.75, 3.05) is 0 Å². The molecule has 8 heteroatoms. The molecule has 9 aromatic carbocycles. The van der Waals surface area contributed by atoms with Gasteiger partial charge >= 0.3 is 0 Å². The second-order valence-electron chi connectivity index (χ2n) is 16.6. The summed E-state index contributed by atoms with van der Waals surface area (Å²) in [6.45, 7) is 0. The highest BCUT2D eigenvalue weighted by molar-refractivity contribution is 7.27. The number of benzene rings is 9. The molecule has 0 N–H and O–H groups in total. The number of rotatable bonds is 5. The lowest BCUT2D eigenvalue weighted by molar-refractivity contribution is 0.666. The van der Waals surface area contributed by atoms with Crippen LogP contribution in [0, 0.1) is 11.3 Å². The monoisotopic (exact) mass is 860 g/mol. The molecular formula is C58H32N6OS. The molecule has 14 aromatic rings. The van der Waals surface area contributed by atoms with Crippen molar-refractivity contribution in [3.8, 4) is 51.6 Å². The van der Waals surface area contributed by atoms with E-state index in [4.69, 9.17) is 19.4 Å². The van der Waals surface area contributed by atoms with E-state index in [-0.39, 0.29) is 0 Å². The van der Waals surface area contributed by atoms with Crippen LogP contribution in [0.1, 0.15) is 5.56 Å². The molecule has 0 bridgehead atoms. The average molecular weight is 861 g/mol. The third-order valence-corrected chi connectivity index (χ3v) is 14.2. The number of furan rings is 1. The van der Waals surface area contributed by atoms with Crippen LogP contribution in [-0.4, -0.2) is 24.1 Å². The van der Waals surface area contributed by atoms with Crippen molar-refractivity contribution in [3.63, 3.8) is 0 Å². The molecule has 0 spiro atoms. The van der Waals surface area contributed by atoms with Crippen LogP contribution in [0.15, 0.2) is 199 Å². The van der Waals surface area contributed by atoms with Crippen molar-refractivity contribution in [1.29, 1.82) is 5.26 Å². The summed E-state index contributed by atoms with van der Waals surface area (Å²) < 4.78 is 14.2. The van der Waals surface area contributed by atoms with Gasteiger partial charge in [0.25, 0.3) is 0 Å². The molecule has 0 unspecified atom stereocenters.